The minimum absolute atomic E-state index is 0.0298. The topological polar surface area (TPSA) is 100 Å². The molecule has 2 heterocycles. The van der Waals surface area contributed by atoms with Crippen LogP contribution in [0.3, 0.4) is 0 Å². The van der Waals surface area contributed by atoms with Crippen molar-refractivity contribution in [1.82, 2.24) is 10.3 Å². The number of rotatable bonds is 3. The molecular formula is C20H20N4O2S. The Morgan fingerprint density at radius 3 is 2.52 bits per heavy atom. The van der Waals surface area contributed by atoms with E-state index in [0.29, 0.717) is 10.7 Å². The Balaban J connectivity index is 2.05. The second-order valence-electron chi connectivity index (χ2n) is 6.60. The molecule has 0 saturated heterocycles. The molecule has 0 bridgehead atoms. The van der Waals surface area contributed by atoms with Gasteiger partial charge >= 0.3 is 0 Å². The molecule has 2 aromatic carbocycles. The van der Waals surface area contributed by atoms with E-state index in [0.717, 1.165) is 16.8 Å². The molecule has 1 aliphatic heterocycles. The number of nitrogens with zero attached hydrogens (tertiary/aromatic N) is 1. The van der Waals surface area contributed by atoms with Gasteiger partial charge in [0.25, 0.3) is 0 Å². The predicted octanol–water partition coefficient (Wildman–Crippen LogP) is 1.46. The number of hydrogen-bond donors (Lipinski definition) is 3. The van der Waals surface area contributed by atoms with Crippen molar-refractivity contribution in [1.29, 1.82) is 0 Å². The normalized spacial score (nSPS) is 16.4. The van der Waals surface area contributed by atoms with E-state index in [9.17, 15) is 8.42 Å². The lowest BCUT2D eigenvalue weighted by Crippen LogP contribution is -2.43. The maximum Gasteiger partial charge on any atom is 0.212 e. The first kappa shape index (κ1) is 17.4. The van der Waals surface area contributed by atoms with Gasteiger partial charge in [-0.2, -0.15) is 0 Å². The molecule has 138 valence electrons. The van der Waals surface area contributed by atoms with Gasteiger partial charge in [-0.25, -0.2) is 8.42 Å². The van der Waals surface area contributed by atoms with Crippen LogP contribution in [0.1, 0.15) is 18.1 Å². The van der Waals surface area contributed by atoms with Crippen LogP contribution in [0.25, 0.3) is 5.70 Å². The van der Waals surface area contributed by atoms with Crippen molar-refractivity contribution in [2.45, 2.75) is 29.8 Å². The lowest BCUT2D eigenvalue weighted by atomic mass is 10.1. The highest BCUT2D eigenvalue weighted by atomic mass is 32.2. The first-order valence-electron chi connectivity index (χ1n) is 8.61. The van der Waals surface area contributed by atoms with Gasteiger partial charge in [0.05, 0.1) is 15.9 Å². The maximum atomic E-state index is 13.2. The van der Waals surface area contributed by atoms with Crippen molar-refractivity contribution in [3.05, 3.63) is 76.4 Å². The third kappa shape index (κ3) is 2.90. The van der Waals surface area contributed by atoms with E-state index in [1.54, 1.807) is 30.3 Å². The van der Waals surface area contributed by atoms with Gasteiger partial charge in [0, 0.05) is 5.56 Å². The average molecular weight is 380 g/mol. The van der Waals surface area contributed by atoms with E-state index in [4.69, 9.17) is 5.73 Å². The molecule has 1 atom stereocenters. The molecule has 0 saturated carbocycles. The molecule has 0 spiro atoms. The number of H-pyrrole nitrogens is 1. The highest BCUT2D eigenvalue weighted by molar-refractivity contribution is 7.91. The molecule has 1 unspecified atom stereocenters. The monoisotopic (exact) mass is 380 g/mol. The van der Waals surface area contributed by atoms with Crippen LogP contribution >= 0.6 is 0 Å². The third-order valence-electron chi connectivity index (χ3n) is 4.51. The third-order valence-corrected chi connectivity index (χ3v) is 6.35. The largest absolute Gasteiger partial charge is 0.384 e. The van der Waals surface area contributed by atoms with Crippen LogP contribution in [0, 0.1) is 6.92 Å². The first-order valence-corrected chi connectivity index (χ1v) is 10.1. The summed E-state index contributed by atoms with van der Waals surface area (Å²) in [6, 6.07) is 16.2. The molecule has 0 radical (unpaired) electrons. The number of anilines is 1. The summed E-state index contributed by atoms with van der Waals surface area (Å²) in [4.78, 5) is 7.79. The lowest BCUT2D eigenvalue weighted by Gasteiger charge is -2.18. The van der Waals surface area contributed by atoms with Crippen molar-refractivity contribution < 1.29 is 8.42 Å². The Morgan fingerprint density at radius 1 is 1.07 bits per heavy atom. The van der Waals surface area contributed by atoms with Gasteiger partial charge in [0.15, 0.2) is 0 Å². The zero-order valence-electron chi connectivity index (χ0n) is 15.0. The maximum absolute atomic E-state index is 13.2. The zero-order valence-corrected chi connectivity index (χ0v) is 15.8. The number of aromatic amines is 1. The van der Waals surface area contributed by atoms with Crippen LogP contribution < -0.4 is 21.8 Å². The molecule has 7 heteroatoms. The van der Waals surface area contributed by atoms with E-state index < -0.39 is 9.84 Å². The molecule has 4 rings (SSSR count). The molecule has 6 nitrogen and oxygen atoms in total. The quantitative estimate of drug-likeness (QED) is 0.640. The highest BCUT2D eigenvalue weighted by Crippen LogP contribution is 2.22. The Bertz CT molecular complexity index is 1240. The van der Waals surface area contributed by atoms with Crippen LogP contribution in [0.15, 0.2) is 69.4 Å². The molecule has 27 heavy (non-hydrogen) atoms. The summed E-state index contributed by atoms with van der Waals surface area (Å²) in [6.45, 7) is 3.89. The number of benzene rings is 2. The van der Waals surface area contributed by atoms with Crippen molar-refractivity contribution in [3.8, 4) is 0 Å². The summed E-state index contributed by atoms with van der Waals surface area (Å²) < 4.78 is 26.4. The number of nitrogen functional groups attached to an aromatic ring is 1. The highest BCUT2D eigenvalue weighted by Gasteiger charge is 2.28. The Hall–Kier alpha value is -3.06. The van der Waals surface area contributed by atoms with E-state index in [2.05, 4.69) is 15.3 Å². The fraction of sp³-hybridized carbons (Fsp3) is 0.150. The molecule has 4 N–H and O–H groups in total. The van der Waals surface area contributed by atoms with E-state index in [-0.39, 0.29) is 21.8 Å². The number of nitrogens with two attached hydrogens (primary N) is 1. The number of sulfone groups is 1. The summed E-state index contributed by atoms with van der Waals surface area (Å²) in [6.07, 6.45) is -0.284. The number of aryl methyl sites for hydroxylation is 1. The van der Waals surface area contributed by atoms with Crippen molar-refractivity contribution in [2.75, 3.05) is 5.73 Å². The molecule has 0 amide bonds. The number of aromatic nitrogens is 1. The van der Waals surface area contributed by atoms with Crippen molar-refractivity contribution in [3.63, 3.8) is 0 Å². The van der Waals surface area contributed by atoms with Crippen LogP contribution in [0.4, 0.5) is 5.82 Å². The van der Waals surface area contributed by atoms with Crippen molar-refractivity contribution in [2.24, 2.45) is 4.99 Å². The van der Waals surface area contributed by atoms with E-state index >= 15 is 0 Å². The standard InChI is InChI=1S/C20H20N4O2S/c1-12-7-6-8-14(11-12)16-17-18(23-13(2)22-16)19(20(21)24-17)27(25,26)15-9-4-3-5-10-15/h3-11,13,22,24H,21H2,1-2H3. The summed E-state index contributed by atoms with van der Waals surface area (Å²) in [7, 11) is -3.80. The SMILES string of the molecule is Cc1cccc(C2=c3[nH]c(N)c(S(=O)(=O)c4ccccc4)c3=NC(C)N2)c1. The van der Waals surface area contributed by atoms with Crippen LogP contribution in [-0.4, -0.2) is 19.6 Å². The smallest absolute Gasteiger partial charge is 0.212 e. The molecule has 0 aliphatic carbocycles. The summed E-state index contributed by atoms with van der Waals surface area (Å²) in [5.74, 6) is 0.0913. The van der Waals surface area contributed by atoms with Crippen LogP contribution in [-0.2, 0) is 9.84 Å². The second kappa shape index (κ2) is 6.28. The van der Waals surface area contributed by atoms with Crippen molar-refractivity contribution >= 4 is 21.4 Å². The van der Waals surface area contributed by atoms with E-state index in [1.165, 1.54) is 0 Å². The number of nitrogens with one attached hydrogen (secondary N) is 2. The average Bonchev–Trinajstić information content (AvgIpc) is 2.98. The molecule has 0 fully saturated rings. The van der Waals surface area contributed by atoms with Gasteiger partial charge in [-0.3, -0.25) is 4.99 Å². The van der Waals surface area contributed by atoms with Crippen LogP contribution in [0.5, 0.6) is 0 Å². The predicted molar refractivity (Wildman–Crippen MR) is 104 cm³/mol. The van der Waals surface area contributed by atoms with Gasteiger partial charge in [-0.1, -0.05) is 42.0 Å². The first-order chi connectivity index (χ1) is 12.9. The second-order valence-corrected chi connectivity index (χ2v) is 8.49. The van der Waals surface area contributed by atoms with Gasteiger partial charge < -0.3 is 16.0 Å². The Kier molecular flexibility index (Phi) is 4.04. The zero-order chi connectivity index (χ0) is 19.2. The summed E-state index contributed by atoms with van der Waals surface area (Å²) >= 11 is 0. The Labute approximate surface area is 157 Å². The minimum Gasteiger partial charge on any atom is -0.384 e. The van der Waals surface area contributed by atoms with Gasteiger partial charge in [0.1, 0.15) is 22.2 Å². The molecule has 1 aliphatic rings. The summed E-state index contributed by atoms with van der Waals surface area (Å²) in [5, 5.41) is 4.28. The van der Waals surface area contributed by atoms with Gasteiger partial charge in [-0.15, -0.1) is 0 Å². The van der Waals surface area contributed by atoms with Crippen LogP contribution in [0.2, 0.25) is 0 Å². The van der Waals surface area contributed by atoms with Gasteiger partial charge in [-0.05, 0) is 32.0 Å². The fourth-order valence-corrected chi connectivity index (χ4v) is 4.82. The lowest BCUT2D eigenvalue weighted by molar-refractivity contribution is 0.593. The molecule has 1 aromatic heterocycles. The number of fused-ring (bicyclic) bond motifs is 1. The Morgan fingerprint density at radius 2 is 1.81 bits per heavy atom. The minimum atomic E-state index is -3.80. The van der Waals surface area contributed by atoms with Gasteiger partial charge in [0.2, 0.25) is 9.84 Å². The fourth-order valence-electron chi connectivity index (χ4n) is 3.32. The summed E-state index contributed by atoms with van der Waals surface area (Å²) in [5.41, 5.74) is 8.97. The molecule has 3 aromatic rings. The molecular weight excluding hydrogens is 360 g/mol. The number of hydrogen-bond acceptors (Lipinski definition) is 5. The van der Waals surface area contributed by atoms with E-state index in [1.807, 2.05) is 38.1 Å².